The van der Waals surface area contributed by atoms with E-state index >= 15 is 0 Å². The Morgan fingerprint density at radius 1 is 1.04 bits per heavy atom. The Morgan fingerprint density at radius 3 is 2.24 bits per heavy atom. The molecular weight excluding hydrogens is 379 g/mol. The van der Waals surface area contributed by atoms with Crippen LogP contribution >= 0.6 is 34.5 Å². The minimum atomic E-state index is -0.886. The van der Waals surface area contributed by atoms with Gasteiger partial charge < -0.3 is 10.4 Å². The average molecular weight is 393 g/mol. The minimum Gasteiger partial charge on any atom is -0.481 e. The molecule has 0 amide bonds. The van der Waals surface area contributed by atoms with Crippen molar-refractivity contribution in [3.05, 3.63) is 69.0 Å². The molecule has 0 bridgehead atoms. The number of anilines is 1. The van der Waals surface area contributed by atoms with Crippen LogP contribution in [0, 0.1) is 0 Å². The zero-order valence-corrected chi connectivity index (χ0v) is 15.3. The van der Waals surface area contributed by atoms with Crippen LogP contribution in [0.25, 0.3) is 11.3 Å². The van der Waals surface area contributed by atoms with Gasteiger partial charge in [0.1, 0.15) is 0 Å². The lowest BCUT2D eigenvalue weighted by molar-refractivity contribution is -0.136. The summed E-state index contributed by atoms with van der Waals surface area (Å²) >= 11 is 13.2. The van der Waals surface area contributed by atoms with E-state index < -0.39 is 5.97 Å². The molecule has 0 spiro atoms. The molecule has 0 aliphatic carbocycles. The molecule has 0 unspecified atom stereocenters. The van der Waals surface area contributed by atoms with Crippen LogP contribution in [0.5, 0.6) is 0 Å². The number of rotatable bonds is 6. The number of benzene rings is 2. The Kier molecular flexibility index (Phi) is 5.58. The summed E-state index contributed by atoms with van der Waals surface area (Å²) in [5, 5.41) is 14.4. The van der Waals surface area contributed by atoms with E-state index in [0.717, 1.165) is 11.1 Å². The summed E-state index contributed by atoms with van der Waals surface area (Å²) in [5.41, 5.74) is 2.58. The van der Waals surface area contributed by atoms with Crippen LogP contribution in [0.1, 0.15) is 10.4 Å². The van der Waals surface area contributed by atoms with Crippen molar-refractivity contribution in [2.24, 2.45) is 0 Å². The largest absolute Gasteiger partial charge is 0.481 e. The second-order valence-corrected chi connectivity index (χ2v) is 7.30. The molecule has 2 aromatic carbocycles. The van der Waals surface area contributed by atoms with Gasteiger partial charge in [0.05, 0.1) is 12.1 Å². The Bertz CT molecular complexity index is 877. The van der Waals surface area contributed by atoms with Crippen molar-refractivity contribution < 1.29 is 9.90 Å². The summed E-state index contributed by atoms with van der Waals surface area (Å²) in [4.78, 5) is 16.4. The highest BCUT2D eigenvalue weighted by Crippen LogP contribution is 2.32. The maximum absolute atomic E-state index is 11.2. The summed E-state index contributed by atoms with van der Waals surface area (Å²) < 4.78 is 0. The van der Waals surface area contributed by atoms with Gasteiger partial charge in [0.15, 0.2) is 5.13 Å². The number of halogens is 2. The first kappa shape index (κ1) is 17.7. The molecule has 0 saturated carbocycles. The smallest absolute Gasteiger partial charge is 0.308 e. The van der Waals surface area contributed by atoms with Crippen LogP contribution in [0.3, 0.4) is 0 Å². The molecule has 0 saturated heterocycles. The van der Waals surface area contributed by atoms with Crippen molar-refractivity contribution in [3.63, 3.8) is 0 Å². The monoisotopic (exact) mass is 392 g/mol. The van der Waals surface area contributed by atoms with E-state index in [2.05, 4.69) is 10.3 Å². The molecule has 0 aliphatic heterocycles. The first-order valence-corrected chi connectivity index (χ1v) is 9.04. The van der Waals surface area contributed by atoms with Crippen molar-refractivity contribution in [1.82, 2.24) is 4.98 Å². The molecule has 0 fully saturated rings. The quantitative estimate of drug-likeness (QED) is 0.592. The number of thiazole rings is 1. The fourth-order valence-corrected chi connectivity index (χ4v) is 3.52. The highest BCUT2D eigenvalue weighted by molar-refractivity contribution is 7.16. The fourth-order valence-electron chi connectivity index (χ4n) is 2.30. The Hall–Kier alpha value is -2.08. The zero-order valence-electron chi connectivity index (χ0n) is 13.0. The number of hydrogen-bond acceptors (Lipinski definition) is 4. The van der Waals surface area contributed by atoms with Gasteiger partial charge in [-0.15, -0.1) is 11.3 Å². The molecule has 2 N–H and O–H groups in total. The number of hydrogen-bond donors (Lipinski definition) is 2. The topological polar surface area (TPSA) is 62.2 Å². The summed E-state index contributed by atoms with van der Waals surface area (Å²) in [7, 11) is 0. The van der Waals surface area contributed by atoms with Crippen LogP contribution in [0.2, 0.25) is 10.0 Å². The molecule has 3 rings (SSSR count). The highest BCUT2D eigenvalue weighted by atomic mass is 35.5. The van der Waals surface area contributed by atoms with E-state index in [1.807, 2.05) is 36.4 Å². The van der Waals surface area contributed by atoms with Crippen LogP contribution in [-0.2, 0) is 17.8 Å². The predicted octanol–water partition coefficient (Wildman–Crippen LogP) is 5.36. The third kappa shape index (κ3) is 4.72. The predicted molar refractivity (Wildman–Crippen MR) is 103 cm³/mol. The third-order valence-corrected chi connectivity index (χ3v) is 5.00. The third-order valence-electron chi connectivity index (χ3n) is 3.48. The van der Waals surface area contributed by atoms with Crippen LogP contribution < -0.4 is 5.32 Å². The second kappa shape index (κ2) is 7.87. The summed E-state index contributed by atoms with van der Waals surface area (Å²) in [6.45, 7) is 0.581. The molecule has 0 radical (unpaired) electrons. The number of nitrogens with one attached hydrogen (secondary N) is 1. The van der Waals surface area contributed by atoms with Gasteiger partial charge in [-0.1, -0.05) is 47.5 Å². The summed E-state index contributed by atoms with van der Waals surface area (Å²) in [6, 6.07) is 14.7. The van der Waals surface area contributed by atoms with Crippen molar-refractivity contribution in [3.8, 4) is 11.3 Å². The molecule has 0 aliphatic rings. The maximum Gasteiger partial charge on any atom is 0.308 e. The van der Waals surface area contributed by atoms with Gasteiger partial charge in [-0.2, -0.15) is 0 Å². The van der Waals surface area contributed by atoms with Gasteiger partial charge in [0.2, 0.25) is 0 Å². The zero-order chi connectivity index (χ0) is 17.8. The SMILES string of the molecule is O=C(O)Cc1sc(NCc2ccc(Cl)cc2)nc1-c1ccc(Cl)cc1. The van der Waals surface area contributed by atoms with Crippen LogP contribution in [-0.4, -0.2) is 16.1 Å². The van der Waals surface area contributed by atoms with Gasteiger partial charge in [0.25, 0.3) is 0 Å². The Balaban J connectivity index is 1.83. The van der Waals surface area contributed by atoms with Crippen molar-refractivity contribution >= 4 is 45.6 Å². The molecule has 3 aromatic rings. The number of carboxylic acids is 1. The minimum absolute atomic E-state index is 0.0712. The summed E-state index contributed by atoms with van der Waals surface area (Å²) in [5.74, 6) is -0.886. The van der Waals surface area contributed by atoms with Crippen molar-refractivity contribution in [2.75, 3.05) is 5.32 Å². The molecular formula is C18H14Cl2N2O2S. The lowest BCUT2D eigenvalue weighted by Gasteiger charge is -2.03. The Labute approximate surface area is 159 Å². The van der Waals surface area contributed by atoms with Crippen molar-refractivity contribution in [2.45, 2.75) is 13.0 Å². The number of nitrogens with zero attached hydrogens (tertiary/aromatic N) is 1. The van der Waals surface area contributed by atoms with Gasteiger partial charge >= 0.3 is 5.97 Å². The average Bonchev–Trinajstić information content (AvgIpc) is 2.97. The number of carbonyl (C=O) groups is 1. The van der Waals surface area contributed by atoms with Gasteiger partial charge in [-0.05, 0) is 29.8 Å². The molecule has 0 atom stereocenters. The standard InChI is InChI=1S/C18H14Cl2N2O2S/c19-13-5-1-11(2-6-13)10-21-18-22-17(15(25-18)9-16(23)24)12-3-7-14(20)8-4-12/h1-8H,9-10H2,(H,21,22)(H,23,24). The first-order valence-electron chi connectivity index (χ1n) is 7.47. The van der Waals surface area contributed by atoms with E-state index in [4.69, 9.17) is 28.3 Å². The molecule has 1 aromatic heterocycles. The van der Waals surface area contributed by atoms with Gasteiger partial charge in [0, 0.05) is 27.0 Å². The maximum atomic E-state index is 11.2. The normalized spacial score (nSPS) is 10.6. The van der Waals surface area contributed by atoms with E-state index in [1.54, 1.807) is 12.1 Å². The van der Waals surface area contributed by atoms with Crippen molar-refractivity contribution in [1.29, 1.82) is 0 Å². The number of carboxylic acid groups (broad SMARTS) is 1. The summed E-state index contributed by atoms with van der Waals surface area (Å²) in [6.07, 6.45) is -0.0712. The lowest BCUT2D eigenvalue weighted by Crippen LogP contribution is -1.99. The van der Waals surface area contributed by atoms with E-state index in [-0.39, 0.29) is 6.42 Å². The van der Waals surface area contributed by atoms with Gasteiger partial charge in [-0.25, -0.2) is 4.98 Å². The number of aromatic nitrogens is 1. The van der Waals surface area contributed by atoms with Gasteiger partial charge in [-0.3, -0.25) is 4.79 Å². The molecule has 25 heavy (non-hydrogen) atoms. The fraction of sp³-hybridized carbons (Fsp3) is 0.111. The molecule has 7 heteroatoms. The number of aliphatic carboxylic acids is 1. The first-order chi connectivity index (χ1) is 12.0. The highest BCUT2D eigenvalue weighted by Gasteiger charge is 2.15. The van der Waals surface area contributed by atoms with E-state index in [0.29, 0.717) is 32.3 Å². The van der Waals surface area contributed by atoms with Crippen LogP contribution in [0.15, 0.2) is 48.5 Å². The van der Waals surface area contributed by atoms with E-state index in [1.165, 1.54) is 11.3 Å². The molecule has 4 nitrogen and oxygen atoms in total. The second-order valence-electron chi connectivity index (χ2n) is 5.35. The van der Waals surface area contributed by atoms with E-state index in [9.17, 15) is 4.79 Å². The molecule has 1 heterocycles. The molecule has 128 valence electrons. The van der Waals surface area contributed by atoms with Crippen LogP contribution in [0.4, 0.5) is 5.13 Å². The lowest BCUT2D eigenvalue weighted by atomic mass is 10.1. The Morgan fingerprint density at radius 2 is 1.64 bits per heavy atom.